The number of nitrogens with zero attached hydrogens (tertiary/aromatic N) is 2. The Kier molecular flexibility index (Phi) is 10.6. The van der Waals surface area contributed by atoms with E-state index in [1.807, 2.05) is 24.3 Å². The average Bonchev–Trinajstić information content (AvgIpc) is 2.41. The van der Waals surface area contributed by atoms with E-state index in [-0.39, 0.29) is 24.8 Å². The lowest BCUT2D eigenvalue weighted by atomic mass is 10.3. The molecule has 1 saturated heterocycles. The summed E-state index contributed by atoms with van der Waals surface area (Å²) in [6, 6.07) is 7.66. The standard InChI is InChI=1S/C14H21BrN2O2.2ClH/c1-16-6-8-17(9-7-16)10-13(18)11-19-14-4-2-12(15)3-5-14;;/h2-5,13,18H,6-11H2,1H3;2*1H. The summed E-state index contributed by atoms with van der Waals surface area (Å²) >= 11 is 3.38. The number of β-amino-alcohol motifs (C(OH)–C–C–N with tert-alkyl or cyclic N) is 1. The molecule has 0 amide bonds. The van der Waals surface area contributed by atoms with Gasteiger partial charge in [0.2, 0.25) is 0 Å². The molecule has 1 unspecified atom stereocenters. The van der Waals surface area contributed by atoms with Crippen molar-refractivity contribution < 1.29 is 9.84 Å². The van der Waals surface area contributed by atoms with Crippen LogP contribution in [0.5, 0.6) is 5.75 Å². The van der Waals surface area contributed by atoms with E-state index in [0.29, 0.717) is 13.2 Å². The van der Waals surface area contributed by atoms with Crippen LogP contribution in [0.2, 0.25) is 0 Å². The molecule has 0 radical (unpaired) electrons. The molecule has 7 heteroatoms. The van der Waals surface area contributed by atoms with Crippen LogP contribution in [0.15, 0.2) is 28.7 Å². The summed E-state index contributed by atoms with van der Waals surface area (Å²) in [7, 11) is 2.13. The van der Waals surface area contributed by atoms with E-state index >= 15 is 0 Å². The van der Waals surface area contributed by atoms with Gasteiger partial charge in [-0.15, -0.1) is 24.8 Å². The van der Waals surface area contributed by atoms with Gasteiger partial charge in [-0.25, -0.2) is 0 Å². The third-order valence-corrected chi connectivity index (χ3v) is 3.85. The molecule has 0 spiro atoms. The molecule has 1 heterocycles. The van der Waals surface area contributed by atoms with Gasteiger partial charge >= 0.3 is 0 Å². The van der Waals surface area contributed by atoms with Crippen LogP contribution < -0.4 is 4.74 Å². The highest BCUT2D eigenvalue weighted by Crippen LogP contribution is 2.16. The second kappa shape index (κ2) is 10.6. The fourth-order valence-corrected chi connectivity index (χ4v) is 2.37. The first kappa shape index (κ1) is 21.0. The number of benzene rings is 1. The molecule has 4 nitrogen and oxygen atoms in total. The molecule has 0 aliphatic carbocycles. The van der Waals surface area contributed by atoms with Gasteiger partial charge in [-0.2, -0.15) is 0 Å². The summed E-state index contributed by atoms with van der Waals surface area (Å²) in [5.74, 6) is 0.792. The van der Waals surface area contributed by atoms with Crippen molar-refractivity contribution >= 4 is 40.7 Å². The minimum absolute atomic E-state index is 0. The molecule has 0 bridgehead atoms. The predicted octanol–water partition coefficient (Wildman–Crippen LogP) is 2.28. The maximum absolute atomic E-state index is 9.99. The molecule has 1 aliphatic heterocycles. The van der Waals surface area contributed by atoms with Crippen molar-refractivity contribution in [3.63, 3.8) is 0 Å². The number of ether oxygens (including phenoxy) is 1. The highest BCUT2D eigenvalue weighted by atomic mass is 79.9. The molecule has 1 aliphatic rings. The Morgan fingerprint density at radius 1 is 1.14 bits per heavy atom. The number of rotatable bonds is 5. The summed E-state index contributed by atoms with van der Waals surface area (Å²) in [4.78, 5) is 4.59. The van der Waals surface area contributed by atoms with Crippen molar-refractivity contribution in [2.75, 3.05) is 46.4 Å². The summed E-state index contributed by atoms with van der Waals surface area (Å²) < 4.78 is 6.60. The number of aliphatic hydroxyl groups is 1. The van der Waals surface area contributed by atoms with Gasteiger partial charge in [0.05, 0.1) is 0 Å². The SMILES string of the molecule is CN1CCN(CC(O)COc2ccc(Br)cc2)CC1.Cl.Cl. The van der Waals surface area contributed by atoms with Gasteiger partial charge in [-0.3, -0.25) is 4.90 Å². The van der Waals surface area contributed by atoms with Crippen LogP contribution in [-0.2, 0) is 0 Å². The predicted molar refractivity (Wildman–Crippen MR) is 94.1 cm³/mol. The summed E-state index contributed by atoms with van der Waals surface area (Å²) in [5.41, 5.74) is 0. The zero-order valence-corrected chi connectivity index (χ0v) is 15.3. The number of aliphatic hydroxyl groups excluding tert-OH is 1. The van der Waals surface area contributed by atoms with Gasteiger partial charge in [-0.05, 0) is 31.3 Å². The van der Waals surface area contributed by atoms with Crippen LogP contribution >= 0.6 is 40.7 Å². The van der Waals surface area contributed by atoms with Crippen molar-refractivity contribution in [3.05, 3.63) is 28.7 Å². The lowest BCUT2D eigenvalue weighted by Crippen LogP contribution is -2.47. The number of hydrogen-bond donors (Lipinski definition) is 1. The second-order valence-corrected chi connectivity index (χ2v) is 5.94. The van der Waals surface area contributed by atoms with E-state index < -0.39 is 6.10 Å². The van der Waals surface area contributed by atoms with Crippen molar-refractivity contribution in [2.45, 2.75) is 6.10 Å². The molecule has 1 fully saturated rings. The molecular formula is C14H23BrCl2N2O2. The Labute approximate surface area is 147 Å². The zero-order chi connectivity index (χ0) is 13.7. The molecular weight excluding hydrogens is 379 g/mol. The first-order valence-corrected chi connectivity index (χ1v) is 7.40. The van der Waals surface area contributed by atoms with E-state index in [9.17, 15) is 5.11 Å². The Morgan fingerprint density at radius 2 is 1.71 bits per heavy atom. The maximum atomic E-state index is 9.99. The molecule has 0 saturated carbocycles. The molecule has 0 aromatic heterocycles. The number of halogens is 3. The fourth-order valence-electron chi connectivity index (χ4n) is 2.10. The van der Waals surface area contributed by atoms with Gasteiger partial charge in [0.1, 0.15) is 18.5 Å². The number of hydrogen-bond acceptors (Lipinski definition) is 4. The molecule has 2 rings (SSSR count). The Morgan fingerprint density at radius 3 is 2.29 bits per heavy atom. The van der Waals surface area contributed by atoms with Crippen molar-refractivity contribution in [1.82, 2.24) is 9.80 Å². The summed E-state index contributed by atoms with van der Waals surface area (Å²) in [6.07, 6.45) is -0.438. The van der Waals surface area contributed by atoms with Crippen LogP contribution in [0.3, 0.4) is 0 Å². The van der Waals surface area contributed by atoms with Gasteiger partial charge in [0, 0.05) is 37.2 Å². The van der Waals surface area contributed by atoms with Crippen molar-refractivity contribution in [2.24, 2.45) is 0 Å². The smallest absolute Gasteiger partial charge is 0.119 e. The normalized spacial score (nSPS) is 17.5. The van der Waals surface area contributed by atoms with Gasteiger partial charge < -0.3 is 14.7 Å². The lowest BCUT2D eigenvalue weighted by Gasteiger charge is -2.33. The molecule has 1 aromatic carbocycles. The molecule has 21 heavy (non-hydrogen) atoms. The monoisotopic (exact) mass is 400 g/mol. The minimum atomic E-state index is -0.438. The molecule has 1 atom stereocenters. The largest absolute Gasteiger partial charge is 0.491 e. The quantitative estimate of drug-likeness (QED) is 0.820. The highest BCUT2D eigenvalue weighted by Gasteiger charge is 2.17. The van der Waals surface area contributed by atoms with E-state index in [2.05, 4.69) is 32.8 Å². The van der Waals surface area contributed by atoms with Crippen molar-refractivity contribution in [1.29, 1.82) is 0 Å². The zero-order valence-electron chi connectivity index (χ0n) is 12.1. The summed E-state index contributed by atoms with van der Waals surface area (Å²) in [6.45, 7) is 5.20. The topological polar surface area (TPSA) is 35.9 Å². The van der Waals surface area contributed by atoms with Crippen LogP contribution in [0.25, 0.3) is 0 Å². The highest BCUT2D eigenvalue weighted by molar-refractivity contribution is 9.10. The lowest BCUT2D eigenvalue weighted by molar-refractivity contribution is 0.0505. The third-order valence-electron chi connectivity index (χ3n) is 3.32. The van der Waals surface area contributed by atoms with Gasteiger partial charge in [-0.1, -0.05) is 15.9 Å². The van der Waals surface area contributed by atoms with Crippen LogP contribution in [0, 0.1) is 0 Å². The number of likely N-dealkylation sites (N-methyl/N-ethyl adjacent to an activating group) is 1. The van der Waals surface area contributed by atoms with Crippen LogP contribution in [-0.4, -0.2) is 67.4 Å². The van der Waals surface area contributed by atoms with Crippen LogP contribution in [0.1, 0.15) is 0 Å². The van der Waals surface area contributed by atoms with Gasteiger partial charge in [0.15, 0.2) is 0 Å². The minimum Gasteiger partial charge on any atom is -0.491 e. The van der Waals surface area contributed by atoms with E-state index in [1.165, 1.54) is 0 Å². The van der Waals surface area contributed by atoms with Gasteiger partial charge in [0.25, 0.3) is 0 Å². The molecule has 122 valence electrons. The molecule has 1 aromatic rings. The van der Waals surface area contributed by atoms with Crippen LogP contribution in [0.4, 0.5) is 0 Å². The first-order valence-electron chi connectivity index (χ1n) is 6.61. The van der Waals surface area contributed by atoms with E-state index in [1.54, 1.807) is 0 Å². The van der Waals surface area contributed by atoms with Crippen molar-refractivity contribution in [3.8, 4) is 5.75 Å². The van der Waals surface area contributed by atoms with E-state index in [0.717, 1.165) is 36.4 Å². The Balaban J connectivity index is 0.00000200. The molecule has 1 N–H and O–H groups in total. The third kappa shape index (κ3) is 7.68. The summed E-state index contributed by atoms with van der Waals surface area (Å²) in [5, 5.41) is 9.99. The average molecular weight is 402 g/mol. The second-order valence-electron chi connectivity index (χ2n) is 5.02. The fraction of sp³-hybridized carbons (Fsp3) is 0.571. The van der Waals surface area contributed by atoms with E-state index in [4.69, 9.17) is 4.74 Å². The maximum Gasteiger partial charge on any atom is 0.119 e. The number of piperazine rings is 1. The first-order chi connectivity index (χ1) is 9.13. The Bertz CT molecular complexity index is 387. The Hall–Kier alpha value is -0.0400.